The molecule has 0 radical (unpaired) electrons. The molecule has 1 atom stereocenters. The lowest BCUT2D eigenvalue weighted by Gasteiger charge is -2.18. The highest BCUT2D eigenvalue weighted by atomic mass is 16.1. The second-order valence-electron chi connectivity index (χ2n) is 3.21. The minimum absolute atomic E-state index is 0.347. The Morgan fingerprint density at radius 1 is 1.55 bits per heavy atom. The lowest BCUT2D eigenvalue weighted by Crippen LogP contribution is -2.17. The Morgan fingerprint density at radius 3 is 3.00 bits per heavy atom. The van der Waals surface area contributed by atoms with E-state index < -0.39 is 0 Å². The van der Waals surface area contributed by atoms with Gasteiger partial charge in [0.05, 0.1) is 0 Å². The molecule has 1 aliphatic rings. The van der Waals surface area contributed by atoms with E-state index in [1.165, 1.54) is 6.42 Å². The number of Topliss-reactive ketones (excluding diaryl/α,β-unsaturated/α-hetero) is 1. The molecule has 0 heterocycles. The fraction of sp³-hybridized carbons (Fsp3) is 0.700. The van der Waals surface area contributed by atoms with E-state index in [1.807, 2.05) is 13.0 Å². The van der Waals surface area contributed by atoms with Crippen LogP contribution in [0.5, 0.6) is 0 Å². The summed E-state index contributed by atoms with van der Waals surface area (Å²) in [6.07, 6.45) is 9.40. The molecule has 1 unspecified atom stereocenters. The Labute approximate surface area is 68.5 Å². The van der Waals surface area contributed by atoms with Crippen molar-refractivity contribution in [1.29, 1.82) is 0 Å². The maximum Gasteiger partial charge on any atom is 0.136 e. The Morgan fingerprint density at radius 2 is 2.36 bits per heavy atom. The summed E-state index contributed by atoms with van der Waals surface area (Å²) in [5.41, 5.74) is 0. The summed E-state index contributed by atoms with van der Waals surface area (Å²) >= 11 is 0. The molecule has 0 N–H and O–H groups in total. The molecule has 1 fully saturated rings. The van der Waals surface area contributed by atoms with Crippen molar-refractivity contribution >= 4 is 5.78 Å². The first kappa shape index (κ1) is 8.51. The number of rotatable bonds is 2. The number of hydrogen-bond acceptors (Lipinski definition) is 1. The molecule has 0 saturated heterocycles. The van der Waals surface area contributed by atoms with Crippen LogP contribution in [0.3, 0.4) is 0 Å². The van der Waals surface area contributed by atoms with Crippen LogP contribution in [0.1, 0.15) is 39.0 Å². The SMILES string of the molecule is C/C=C/CC1CCCCC1=O. The average molecular weight is 152 g/mol. The summed E-state index contributed by atoms with van der Waals surface area (Å²) in [6.45, 7) is 2.01. The van der Waals surface area contributed by atoms with Crippen LogP contribution in [0.4, 0.5) is 0 Å². The van der Waals surface area contributed by atoms with Crippen molar-refractivity contribution in [1.82, 2.24) is 0 Å². The van der Waals surface area contributed by atoms with Crippen LogP contribution in [0.2, 0.25) is 0 Å². The topological polar surface area (TPSA) is 17.1 Å². The molecule has 11 heavy (non-hydrogen) atoms. The molecular formula is C10H16O. The van der Waals surface area contributed by atoms with Gasteiger partial charge in [-0.05, 0) is 26.2 Å². The summed E-state index contributed by atoms with van der Waals surface area (Å²) in [6, 6.07) is 0. The van der Waals surface area contributed by atoms with Gasteiger partial charge >= 0.3 is 0 Å². The molecule has 0 spiro atoms. The number of ketones is 1. The molecule has 0 amide bonds. The van der Waals surface area contributed by atoms with Gasteiger partial charge in [0.1, 0.15) is 5.78 Å². The van der Waals surface area contributed by atoms with Gasteiger partial charge in [0.15, 0.2) is 0 Å². The first-order chi connectivity index (χ1) is 5.34. The largest absolute Gasteiger partial charge is 0.299 e. The minimum Gasteiger partial charge on any atom is -0.299 e. The first-order valence-corrected chi connectivity index (χ1v) is 4.48. The number of allylic oxidation sites excluding steroid dienone is 2. The van der Waals surface area contributed by atoms with Gasteiger partial charge in [-0.2, -0.15) is 0 Å². The lowest BCUT2D eigenvalue weighted by atomic mass is 9.86. The Bertz CT molecular complexity index is 158. The highest BCUT2D eigenvalue weighted by Crippen LogP contribution is 2.23. The molecular weight excluding hydrogens is 136 g/mol. The van der Waals surface area contributed by atoms with Crippen LogP contribution in [0.25, 0.3) is 0 Å². The van der Waals surface area contributed by atoms with Gasteiger partial charge in [-0.3, -0.25) is 4.79 Å². The standard InChI is InChI=1S/C10H16O/c1-2-3-6-9-7-4-5-8-10(9)11/h2-3,9H,4-8H2,1H3/b3-2+. The fourth-order valence-electron chi connectivity index (χ4n) is 1.60. The molecule has 0 aromatic carbocycles. The van der Waals surface area contributed by atoms with Gasteiger partial charge in [0.2, 0.25) is 0 Å². The van der Waals surface area contributed by atoms with E-state index in [4.69, 9.17) is 0 Å². The highest BCUT2D eigenvalue weighted by Gasteiger charge is 2.20. The predicted molar refractivity (Wildman–Crippen MR) is 46.4 cm³/mol. The molecule has 0 aromatic heterocycles. The predicted octanol–water partition coefficient (Wildman–Crippen LogP) is 2.71. The summed E-state index contributed by atoms with van der Waals surface area (Å²) < 4.78 is 0. The third kappa shape index (κ3) is 2.49. The highest BCUT2D eigenvalue weighted by molar-refractivity contribution is 5.81. The van der Waals surface area contributed by atoms with Gasteiger partial charge in [-0.1, -0.05) is 18.6 Å². The van der Waals surface area contributed by atoms with Gasteiger partial charge in [-0.25, -0.2) is 0 Å². The molecule has 62 valence electrons. The van der Waals surface area contributed by atoms with Crippen molar-refractivity contribution in [3.63, 3.8) is 0 Å². The van der Waals surface area contributed by atoms with E-state index >= 15 is 0 Å². The van der Waals surface area contributed by atoms with E-state index in [1.54, 1.807) is 0 Å². The molecule has 1 aliphatic carbocycles. The second kappa shape index (κ2) is 4.32. The van der Waals surface area contributed by atoms with Crippen molar-refractivity contribution in [2.45, 2.75) is 39.0 Å². The van der Waals surface area contributed by atoms with Crippen molar-refractivity contribution < 1.29 is 4.79 Å². The monoisotopic (exact) mass is 152 g/mol. The molecule has 1 rings (SSSR count). The van der Waals surface area contributed by atoms with Crippen molar-refractivity contribution in [3.05, 3.63) is 12.2 Å². The van der Waals surface area contributed by atoms with Gasteiger partial charge in [0, 0.05) is 12.3 Å². The van der Waals surface area contributed by atoms with Crippen molar-refractivity contribution in [2.75, 3.05) is 0 Å². The van der Waals surface area contributed by atoms with E-state index in [-0.39, 0.29) is 0 Å². The van der Waals surface area contributed by atoms with Crippen LogP contribution < -0.4 is 0 Å². The van der Waals surface area contributed by atoms with Crippen LogP contribution in [0, 0.1) is 5.92 Å². The van der Waals surface area contributed by atoms with Gasteiger partial charge < -0.3 is 0 Å². The van der Waals surface area contributed by atoms with Crippen molar-refractivity contribution in [3.8, 4) is 0 Å². The summed E-state index contributed by atoms with van der Waals surface area (Å²) in [5.74, 6) is 0.828. The zero-order valence-electron chi connectivity index (χ0n) is 7.18. The van der Waals surface area contributed by atoms with Crippen LogP contribution in [-0.2, 0) is 4.79 Å². The van der Waals surface area contributed by atoms with Crippen LogP contribution >= 0.6 is 0 Å². The number of carbonyl (C=O) groups excluding carboxylic acids is 1. The zero-order valence-corrected chi connectivity index (χ0v) is 7.18. The van der Waals surface area contributed by atoms with Crippen LogP contribution in [-0.4, -0.2) is 5.78 Å². The average Bonchev–Trinajstić information content (AvgIpc) is 2.03. The molecule has 1 nitrogen and oxygen atoms in total. The molecule has 0 aromatic rings. The third-order valence-electron chi connectivity index (χ3n) is 2.34. The van der Waals surface area contributed by atoms with Crippen molar-refractivity contribution in [2.24, 2.45) is 5.92 Å². The Balaban J connectivity index is 2.35. The fourth-order valence-corrected chi connectivity index (χ4v) is 1.60. The van der Waals surface area contributed by atoms with Gasteiger partial charge in [0.25, 0.3) is 0 Å². The molecule has 1 heteroatoms. The summed E-state index contributed by atoms with van der Waals surface area (Å²) in [5, 5.41) is 0. The van der Waals surface area contributed by atoms with Crippen LogP contribution in [0.15, 0.2) is 12.2 Å². The van der Waals surface area contributed by atoms with E-state index in [0.29, 0.717) is 11.7 Å². The summed E-state index contributed by atoms with van der Waals surface area (Å²) in [4.78, 5) is 11.3. The zero-order chi connectivity index (χ0) is 8.10. The molecule has 1 saturated carbocycles. The minimum atomic E-state index is 0.347. The quantitative estimate of drug-likeness (QED) is 0.556. The lowest BCUT2D eigenvalue weighted by molar-refractivity contribution is -0.124. The maximum absolute atomic E-state index is 11.3. The maximum atomic E-state index is 11.3. The van der Waals surface area contributed by atoms with E-state index in [2.05, 4.69) is 6.08 Å². The molecule has 0 aliphatic heterocycles. The van der Waals surface area contributed by atoms with Gasteiger partial charge in [-0.15, -0.1) is 0 Å². The Hall–Kier alpha value is -0.590. The number of carbonyl (C=O) groups is 1. The summed E-state index contributed by atoms with van der Waals surface area (Å²) in [7, 11) is 0. The third-order valence-corrected chi connectivity index (χ3v) is 2.34. The number of hydrogen-bond donors (Lipinski definition) is 0. The smallest absolute Gasteiger partial charge is 0.136 e. The second-order valence-corrected chi connectivity index (χ2v) is 3.21. The molecule has 0 bridgehead atoms. The van der Waals surface area contributed by atoms with E-state index in [0.717, 1.165) is 25.7 Å². The normalized spacial score (nSPS) is 26.3. The van der Waals surface area contributed by atoms with E-state index in [9.17, 15) is 4.79 Å². The first-order valence-electron chi connectivity index (χ1n) is 4.48. The Kier molecular flexibility index (Phi) is 3.34.